The zero-order valence-electron chi connectivity index (χ0n) is 22.2. The molecule has 5 aromatic rings. The van der Waals surface area contributed by atoms with E-state index in [4.69, 9.17) is 20.9 Å². The third kappa shape index (κ3) is 4.25. The number of aliphatic carboxylic acids is 1. The Morgan fingerprint density at radius 3 is 2.55 bits per heavy atom. The lowest BCUT2D eigenvalue weighted by atomic mass is 9.77. The molecular formula is C31H28N6O3. The summed E-state index contributed by atoms with van der Waals surface area (Å²) >= 11 is 0. The first kappa shape index (κ1) is 25.2. The Kier molecular flexibility index (Phi) is 6.06. The number of aromatic nitrogens is 4. The van der Waals surface area contributed by atoms with Crippen LogP contribution in [0.5, 0.6) is 0 Å². The number of carbonyl (C=O) groups is 2. The van der Waals surface area contributed by atoms with Gasteiger partial charge in [0, 0.05) is 11.8 Å². The lowest BCUT2D eigenvalue weighted by Crippen LogP contribution is -2.33. The van der Waals surface area contributed by atoms with Crippen molar-refractivity contribution in [2.24, 2.45) is 0 Å². The molecule has 0 spiro atoms. The normalized spacial score (nSPS) is 16.2. The van der Waals surface area contributed by atoms with Crippen LogP contribution in [0.2, 0.25) is 0 Å². The highest BCUT2D eigenvalue weighted by Gasteiger charge is 2.47. The van der Waals surface area contributed by atoms with Crippen LogP contribution in [0.1, 0.15) is 41.2 Å². The molecular weight excluding hydrogens is 504 g/mol. The number of nitrogens with two attached hydrogens (primary N) is 1. The Labute approximate surface area is 230 Å². The molecule has 6 rings (SSSR count). The first-order valence-electron chi connectivity index (χ1n) is 13.1. The number of nitrogens with one attached hydrogen (secondary N) is 1. The van der Waals surface area contributed by atoms with Crippen LogP contribution >= 0.6 is 0 Å². The van der Waals surface area contributed by atoms with Crippen LogP contribution in [0.3, 0.4) is 0 Å². The van der Waals surface area contributed by atoms with Gasteiger partial charge < -0.3 is 16.2 Å². The monoisotopic (exact) mass is 532 g/mol. The van der Waals surface area contributed by atoms with Gasteiger partial charge >= 0.3 is 5.97 Å². The second kappa shape index (κ2) is 9.60. The van der Waals surface area contributed by atoms with Crippen molar-refractivity contribution in [3.63, 3.8) is 0 Å². The summed E-state index contributed by atoms with van der Waals surface area (Å²) in [6.45, 7) is 4.44. The zero-order valence-corrected chi connectivity index (χ0v) is 22.2. The molecule has 9 nitrogen and oxygen atoms in total. The lowest BCUT2D eigenvalue weighted by Gasteiger charge is -2.23. The summed E-state index contributed by atoms with van der Waals surface area (Å²) in [6, 6.07) is 23.6. The van der Waals surface area contributed by atoms with E-state index in [2.05, 4.69) is 35.4 Å². The first-order valence-corrected chi connectivity index (χ1v) is 13.1. The number of carboxylic acids is 1. The van der Waals surface area contributed by atoms with Gasteiger partial charge in [0.1, 0.15) is 22.7 Å². The molecule has 2 aromatic heterocycles. The van der Waals surface area contributed by atoms with Crippen molar-refractivity contribution in [2.45, 2.75) is 38.6 Å². The summed E-state index contributed by atoms with van der Waals surface area (Å²) in [6.07, 6.45) is 0.452. The number of nitrogens with zero attached hydrogens (tertiary/aromatic N) is 4. The number of anilines is 2. The third-order valence-electron chi connectivity index (χ3n) is 7.57. The Balaban J connectivity index is 1.39. The van der Waals surface area contributed by atoms with Crippen molar-refractivity contribution in [1.29, 1.82) is 0 Å². The van der Waals surface area contributed by atoms with E-state index in [-0.39, 0.29) is 18.1 Å². The van der Waals surface area contributed by atoms with Gasteiger partial charge in [-0.15, -0.1) is 0 Å². The van der Waals surface area contributed by atoms with E-state index in [1.807, 2.05) is 59.3 Å². The van der Waals surface area contributed by atoms with E-state index < -0.39 is 11.4 Å². The number of hydrogen-bond donors (Lipinski definition) is 3. The van der Waals surface area contributed by atoms with Gasteiger partial charge in [-0.2, -0.15) is 5.10 Å². The van der Waals surface area contributed by atoms with Gasteiger partial charge in [0.05, 0.1) is 17.6 Å². The summed E-state index contributed by atoms with van der Waals surface area (Å²) in [5, 5.41) is 17.7. The number of aryl methyl sites for hydroxylation is 2. The summed E-state index contributed by atoms with van der Waals surface area (Å²) < 4.78 is 1.93. The summed E-state index contributed by atoms with van der Waals surface area (Å²) in [5.74, 6) is -0.207. The smallest absolute Gasteiger partial charge is 0.303 e. The van der Waals surface area contributed by atoms with E-state index >= 15 is 0 Å². The fourth-order valence-electron chi connectivity index (χ4n) is 5.44. The van der Waals surface area contributed by atoms with E-state index in [0.717, 1.165) is 27.6 Å². The van der Waals surface area contributed by atoms with E-state index in [1.165, 1.54) is 5.56 Å². The molecule has 0 radical (unpaired) electrons. The summed E-state index contributed by atoms with van der Waals surface area (Å²) in [5.41, 5.74) is 11.4. The predicted octanol–water partition coefficient (Wildman–Crippen LogP) is 4.71. The molecule has 0 fully saturated rings. The Hall–Kier alpha value is -5.05. The van der Waals surface area contributed by atoms with Crippen molar-refractivity contribution in [1.82, 2.24) is 19.7 Å². The minimum absolute atomic E-state index is 0.0406. The maximum atomic E-state index is 13.4. The van der Waals surface area contributed by atoms with Gasteiger partial charge in [0.15, 0.2) is 5.82 Å². The molecule has 9 heteroatoms. The minimum Gasteiger partial charge on any atom is -0.481 e. The molecule has 0 aliphatic carbocycles. The Morgan fingerprint density at radius 1 is 1.02 bits per heavy atom. The van der Waals surface area contributed by atoms with Gasteiger partial charge in [-0.3, -0.25) is 14.3 Å². The molecule has 0 saturated heterocycles. The molecule has 1 atom stereocenters. The summed E-state index contributed by atoms with van der Waals surface area (Å²) in [7, 11) is 0. The number of hydrogen-bond acceptors (Lipinski definition) is 6. The number of carbonyl (C=O) groups excluding carboxylic acids is 1. The van der Waals surface area contributed by atoms with Crippen molar-refractivity contribution in [2.75, 3.05) is 11.1 Å². The standard InChI is InChI=1S/C31H28N6O3/c1-18-6-5-7-20(16-18)17-37-23-9-4-3-8-22(23)26(36-37)29-33-27(32)25-28(34-29)35-30(40)31(25,2)21-13-10-19(11-14-21)12-15-24(38)39/h3-11,13-14,16H,12,15,17H2,1-2H3,(H,38,39)(H3,32,33,34,35,40)/t31-/m0/s1. The van der Waals surface area contributed by atoms with Crippen molar-refractivity contribution >= 4 is 34.4 Å². The largest absolute Gasteiger partial charge is 0.481 e. The van der Waals surface area contributed by atoms with Crippen LogP contribution in [-0.4, -0.2) is 36.7 Å². The highest BCUT2D eigenvalue weighted by molar-refractivity contribution is 6.09. The van der Waals surface area contributed by atoms with E-state index in [9.17, 15) is 9.59 Å². The number of benzene rings is 3. The zero-order chi connectivity index (χ0) is 28.0. The van der Waals surface area contributed by atoms with Gasteiger partial charge in [-0.05, 0) is 43.0 Å². The Morgan fingerprint density at radius 2 is 1.80 bits per heavy atom. The van der Waals surface area contributed by atoms with Crippen LogP contribution in [-0.2, 0) is 28.0 Å². The number of fused-ring (bicyclic) bond motifs is 2. The number of carboxylic acid groups (broad SMARTS) is 1. The van der Waals surface area contributed by atoms with Crippen molar-refractivity contribution in [3.05, 3.63) is 101 Å². The number of amides is 1. The molecule has 40 heavy (non-hydrogen) atoms. The fraction of sp³-hybridized carbons (Fsp3) is 0.194. The van der Waals surface area contributed by atoms with Crippen LogP contribution in [0.25, 0.3) is 22.4 Å². The van der Waals surface area contributed by atoms with Crippen LogP contribution in [0.15, 0.2) is 72.8 Å². The van der Waals surface area contributed by atoms with Crippen molar-refractivity contribution < 1.29 is 14.7 Å². The average molecular weight is 533 g/mol. The topological polar surface area (TPSA) is 136 Å². The van der Waals surface area contributed by atoms with Gasteiger partial charge in [0.25, 0.3) is 0 Å². The van der Waals surface area contributed by atoms with Gasteiger partial charge in [-0.1, -0.05) is 72.3 Å². The highest BCUT2D eigenvalue weighted by atomic mass is 16.4. The highest BCUT2D eigenvalue weighted by Crippen LogP contribution is 2.45. The number of rotatable bonds is 7. The average Bonchev–Trinajstić information content (AvgIpc) is 3.42. The first-order chi connectivity index (χ1) is 19.2. The molecule has 0 bridgehead atoms. The van der Waals surface area contributed by atoms with Gasteiger partial charge in [-0.25, -0.2) is 9.97 Å². The van der Waals surface area contributed by atoms with Gasteiger partial charge in [0.2, 0.25) is 5.91 Å². The van der Waals surface area contributed by atoms with Crippen LogP contribution in [0, 0.1) is 6.92 Å². The molecule has 3 heterocycles. The number of nitrogen functional groups attached to an aromatic ring is 1. The fourth-order valence-corrected chi connectivity index (χ4v) is 5.44. The number of para-hydroxylation sites is 1. The van der Waals surface area contributed by atoms with E-state index in [0.29, 0.717) is 35.9 Å². The minimum atomic E-state index is -1.10. The molecule has 200 valence electrons. The quantitative estimate of drug-likeness (QED) is 0.276. The van der Waals surface area contributed by atoms with Crippen LogP contribution in [0.4, 0.5) is 11.6 Å². The molecule has 0 unspecified atom stereocenters. The predicted molar refractivity (Wildman–Crippen MR) is 153 cm³/mol. The molecule has 1 amide bonds. The molecule has 4 N–H and O–H groups in total. The van der Waals surface area contributed by atoms with E-state index in [1.54, 1.807) is 6.92 Å². The van der Waals surface area contributed by atoms with Crippen LogP contribution < -0.4 is 11.1 Å². The molecule has 0 saturated carbocycles. The maximum absolute atomic E-state index is 13.4. The molecule has 1 aliphatic rings. The molecule has 1 aliphatic heterocycles. The molecule has 3 aromatic carbocycles. The second-order valence-electron chi connectivity index (χ2n) is 10.3. The lowest BCUT2D eigenvalue weighted by molar-refractivity contribution is -0.137. The summed E-state index contributed by atoms with van der Waals surface area (Å²) in [4.78, 5) is 33.7. The Bertz CT molecular complexity index is 1790. The maximum Gasteiger partial charge on any atom is 0.303 e. The van der Waals surface area contributed by atoms with Crippen molar-refractivity contribution in [3.8, 4) is 11.5 Å². The second-order valence-corrected chi connectivity index (χ2v) is 10.3. The third-order valence-corrected chi connectivity index (χ3v) is 7.57. The SMILES string of the molecule is Cc1cccc(Cn2nc(-c3nc(N)c4c(n3)NC(=O)[C@@]4(C)c3ccc(CCC(=O)O)cc3)c3ccccc32)c1.